The fourth-order valence-electron chi connectivity index (χ4n) is 8.11. The quantitative estimate of drug-likeness (QED) is 0.422. The van der Waals surface area contributed by atoms with E-state index in [0.29, 0.717) is 17.9 Å². The van der Waals surface area contributed by atoms with E-state index >= 15 is 0 Å². The van der Waals surface area contributed by atoms with Gasteiger partial charge in [0.15, 0.2) is 0 Å². The molecule has 41 heavy (non-hydrogen) atoms. The Bertz CT molecular complexity index is 1340. The highest BCUT2D eigenvalue weighted by Gasteiger charge is 2.51. The van der Waals surface area contributed by atoms with Crippen LogP contribution in [-0.2, 0) is 31.6 Å². The zero-order valence-electron chi connectivity index (χ0n) is 24.6. The van der Waals surface area contributed by atoms with E-state index in [-0.39, 0.29) is 17.9 Å². The van der Waals surface area contributed by atoms with Crippen molar-refractivity contribution in [3.05, 3.63) is 59.7 Å². The van der Waals surface area contributed by atoms with E-state index in [4.69, 9.17) is 4.74 Å². The van der Waals surface area contributed by atoms with E-state index in [0.717, 1.165) is 33.9 Å². The summed E-state index contributed by atoms with van der Waals surface area (Å²) in [5, 5.41) is 2.65. The van der Waals surface area contributed by atoms with Crippen molar-refractivity contribution >= 4 is 27.5 Å². The van der Waals surface area contributed by atoms with Gasteiger partial charge >= 0.3 is 0 Å². The monoisotopic (exact) mass is 581 g/mol. The standard InChI is InChI=1S/C32H43N3O5S/c1-5-29(31(37)33-2)34(20-22-7-6-8-28(16-22)40-3)30(36)21-35(41(4,38)39)27-11-9-26(10-12-27)32-17-23-13-24(18-32)15-25(14-23)19-32/h6-12,16,23-25,29H,5,13-15,17-21H2,1-4H3,(H,33,37)/t23?,24?,25?,29-,32?/m0/s1. The maximum atomic E-state index is 13.9. The molecule has 2 aromatic rings. The third-order valence-corrected chi connectivity index (χ3v) is 10.7. The van der Waals surface area contributed by atoms with Gasteiger partial charge in [-0.2, -0.15) is 0 Å². The summed E-state index contributed by atoms with van der Waals surface area (Å²) in [7, 11) is -0.676. The number of nitrogens with zero attached hydrogens (tertiary/aromatic N) is 2. The molecular formula is C32H43N3O5S. The maximum absolute atomic E-state index is 13.9. The Morgan fingerprint density at radius 1 is 1.02 bits per heavy atom. The van der Waals surface area contributed by atoms with Crippen LogP contribution in [0.15, 0.2) is 48.5 Å². The smallest absolute Gasteiger partial charge is 0.244 e. The van der Waals surface area contributed by atoms with Crippen LogP contribution < -0.4 is 14.4 Å². The predicted molar refractivity (Wildman–Crippen MR) is 160 cm³/mol. The number of benzene rings is 2. The summed E-state index contributed by atoms with van der Waals surface area (Å²) >= 11 is 0. The van der Waals surface area contributed by atoms with Crippen molar-refractivity contribution in [2.24, 2.45) is 17.8 Å². The maximum Gasteiger partial charge on any atom is 0.244 e. The minimum Gasteiger partial charge on any atom is -0.497 e. The van der Waals surface area contributed by atoms with Crippen LogP contribution >= 0.6 is 0 Å². The van der Waals surface area contributed by atoms with Gasteiger partial charge in [0.1, 0.15) is 18.3 Å². The fraction of sp³-hybridized carbons (Fsp3) is 0.562. The molecule has 8 nitrogen and oxygen atoms in total. The van der Waals surface area contributed by atoms with Crippen molar-refractivity contribution < 1.29 is 22.7 Å². The second kappa shape index (κ2) is 11.7. The second-order valence-corrected chi connectivity index (χ2v) is 14.3. The molecule has 0 aliphatic heterocycles. The summed E-state index contributed by atoms with van der Waals surface area (Å²) in [4.78, 5) is 28.1. The van der Waals surface area contributed by atoms with E-state index in [1.165, 1.54) is 56.0 Å². The third-order valence-electron chi connectivity index (χ3n) is 9.60. The fourth-order valence-corrected chi connectivity index (χ4v) is 8.96. The Morgan fingerprint density at radius 3 is 2.15 bits per heavy atom. The summed E-state index contributed by atoms with van der Waals surface area (Å²) in [6.45, 7) is 1.58. The Kier molecular flexibility index (Phi) is 8.37. The largest absolute Gasteiger partial charge is 0.497 e. The number of carbonyl (C=O) groups is 2. The van der Waals surface area contributed by atoms with Crippen LogP contribution in [0, 0.1) is 17.8 Å². The van der Waals surface area contributed by atoms with Crippen molar-refractivity contribution in [3.8, 4) is 5.75 Å². The summed E-state index contributed by atoms with van der Waals surface area (Å²) in [6.07, 6.45) is 9.27. The number of likely N-dealkylation sites (N-methyl/N-ethyl adjacent to an activating group) is 1. The van der Waals surface area contributed by atoms with E-state index in [9.17, 15) is 18.0 Å². The van der Waals surface area contributed by atoms with Gasteiger partial charge < -0.3 is 15.0 Å². The highest BCUT2D eigenvalue weighted by Crippen LogP contribution is 2.60. The molecule has 0 radical (unpaired) electrons. The van der Waals surface area contributed by atoms with E-state index < -0.39 is 28.5 Å². The summed E-state index contributed by atoms with van der Waals surface area (Å²) < 4.78 is 32.6. The number of ether oxygens (including phenoxy) is 1. The lowest BCUT2D eigenvalue weighted by Crippen LogP contribution is -2.51. The number of rotatable bonds is 11. The number of hydrogen-bond donors (Lipinski definition) is 1. The van der Waals surface area contributed by atoms with E-state index in [2.05, 4.69) is 17.4 Å². The molecular weight excluding hydrogens is 538 g/mol. The van der Waals surface area contributed by atoms with E-state index in [1.54, 1.807) is 7.11 Å². The van der Waals surface area contributed by atoms with Gasteiger partial charge in [-0.1, -0.05) is 31.2 Å². The van der Waals surface area contributed by atoms with Crippen molar-refractivity contribution in [2.45, 2.75) is 69.9 Å². The first-order valence-corrected chi connectivity index (χ1v) is 16.6. The minimum atomic E-state index is -3.78. The molecule has 4 bridgehead atoms. The number of methoxy groups -OCH3 is 1. The Labute approximate surface area is 244 Å². The summed E-state index contributed by atoms with van der Waals surface area (Å²) in [5.74, 6) is 2.34. The van der Waals surface area contributed by atoms with Gasteiger partial charge in [0.05, 0.1) is 19.1 Å². The van der Waals surface area contributed by atoms with Gasteiger partial charge in [-0.3, -0.25) is 13.9 Å². The topological polar surface area (TPSA) is 96.0 Å². The molecule has 4 fully saturated rings. The SMILES string of the molecule is CC[C@@H](C(=O)NC)N(Cc1cccc(OC)c1)C(=O)CN(c1ccc(C23CC4CC(CC(C4)C2)C3)cc1)S(C)(=O)=O. The molecule has 0 unspecified atom stereocenters. The van der Waals surface area contributed by atoms with Crippen LogP contribution in [-0.4, -0.2) is 58.1 Å². The van der Waals surface area contributed by atoms with Gasteiger partial charge in [0, 0.05) is 13.6 Å². The lowest BCUT2D eigenvalue weighted by atomic mass is 9.48. The van der Waals surface area contributed by atoms with Crippen LogP contribution in [0.25, 0.3) is 0 Å². The van der Waals surface area contributed by atoms with Crippen LogP contribution in [0.4, 0.5) is 5.69 Å². The van der Waals surface area contributed by atoms with Crippen LogP contribution in [0.2, 0.25) is 0 Å². The molecule has 4 aliphatic carbocycles. The minimum absolute atomic E-state index is 0.143. The van der Waals surface area contributed by atoms with Crippen molar-refractivity contribution in [2.75, 3.05) is 31.3 Å². The van der Waals surface area contributed by atoms with Crippen LogP contribution in [0.3, 0.4) is 0 Å². The zero-order valence-corrected chi connectivity index (χ0v) is 25.5. The lowest BCUT2D eigenvalue weighted by molar-refractivity contribution is -0.140. The number of amides is 2. The third kappa shape index (κ3) is 6.10. The van der Waals surface area contributed by atoms with Crippen LogP contribution in [0.5, 0.6) is 5.75 Å². The first-order chi connectivity index (χ1) is 19.5. The summed E-state index contributed by atoms with van der Waals surface area (Å²) in [6, 6.07) is 14.4. The predicted octanol–water partition coefficient (Wildman–Crippen LogP) is 4.48. The second-order valence-electron chi connectivity index (χ2n) is 12.4. The average molecular weight is 582 g/mol. The molecule has 0 aromatic heterocycles. The molecule has 6 rings (SSSR count). The zero-order chi connectivity index (χ0) is 29.4. The number of nitrogens with one attached hydrogen (secondary N) is 1. The Morgan fingerprint density at radius 2 is 1.63 bits per heavy atom. The van der Waals surface area contributed by atoms with Crippen molar-refractivity contribution in [1.29, 1.82) is 0 Å². The van der Waals surface area contributed by atoms with Gasteiger partial charge in [0.2, 0.25) is 21.8 Å². The summed E-state index contributed by atoms with van der Waals surface area (Å²) in [5.41, 5.74) is 2.74. The molecule has 0 heterocycles. The first kappa shape index (κ1) is 29.4. The molecule has 4 aliphatic rings. The van der Waals surface area contributed by atoms with E-state index in [1.807, 2.05) is 43.3 Å². The van der Waals surface area contributed by atoms with Gasteiger partial charge in [-0.05, 0) is 104 Å². The highest BCUT2D eigenvalue weighted by molar-refractivity contribution is 7.92. The van der Waals surface area contributed by atoms with Crippen molar-refractivity contribution in [1.82, 2.24) is 10.2 Å². The number of sulfonamides is 1. The first-order valence-electron chi connectivity index (χ1n) is 14.8. The molecule has 1 atom stereocenters. The molecule has 1 N–H and O–H groups in total. The average Bonchev–Trinajstić information content (AvgIpc) is 2.94. The number of carbonyl (C=O) groups excluding carboxylic acids is 2. The Hall–Kier alpha value is -3.07. The van der Waals surface area contributed by atoms with Gasteiger partial charge in [-0.15, -0.1) is 0 Å². The molecule has 2 amide bonds. The molecule has 9 heteroatoms. The number of anilines is 1. The van der Waals surface area contributed by atoms with Gasteiger partial charge in [0.25, 0.3) is 0 Å². The highest BCUT2D eigenvalue weighted by atomic mass is 32.2. The Balaban J connectivity index is 1.40. The molecule has 4 saturated carbocycles. The molecule has 2 aromatic carbocycles. The molecule has 222 valence electrons. The normalized spacial score (nSPS) is 25.4. The number of hydrogen-bond acceptors (Lipinski definition) is 5. The lowest BCUT2D eigenvalue weighted by Gasteiger charge is -2.57. The van der Waals surface area contributed by atoms with Gasteiger partial charge in [-0.25, -0.2) is 8.42 Å². The molecule has 0 spiro atoms. The van der Waals surface area contributed by atoms with Crippen molar-refractivity contribution in [3.63, 3.8) is 0 Å². The van der Waals surface area contributed by atoms with Crippen LogP contribution in [0.1, 0.15) is 63.0 Å². The molecule has 0 saturated heterocycles.